The van der Waals surface area contributed by atoms with Gasteiger partial charge in [0.15, 0.2) is 0 Å². The van der Waals surface area contributed by atoms with Crippen molar-refractivity contribution in [2.24, 2.45) is 0 Å². The highest BCUT2D eigenvalue weighted by Crippen LogP contribution is 2.36. The molecule has 1 heteroatoms. The van der Waals surface area contributed by atoms with Crippen molar-refractivity contribution in [3.05, 3.63) is 65.7 Å². The van der Waals surface area contributed by atoms with Crippen LogP contribution in [-0.4, -0.2) is 6.71 Å². The monoisotopic (exact) mass is 350 g/mol. The molecule has 5 rings (SSSR count). The SMILES string of the molecule is CC(C)(C)c1ccc2c(c1)B1c3cc(C(C)(C)C)ccc3-c3cccc-2c31. The molecule has 0 N–H and O–H groups in total. The first-order valence-electron chi connectivity index (χ1n) is 10.1. The second-order valence-corrected chi connectivity index (χ2v) is 10.3. The first-order chi connectivity index (χ1) is 12.7. The van der Waals surface area contributed by atoms with Gasteiger partial charge in [0.25, 0.3) is 0 Å². The van der Waals surface area contributed by atoms with Gasteiger partial charge >= 0.3 is 0 Å². The van der Waals surface area contributed by atoms with Crippen molar-refractivity contribution >= 4 is 23.1 Å². The first-order valence-corrected chi connectivity index (χ1v) is 10.1. The molecule has 2 heterocycles. The molecule has 0 amide bonds. The van der Waals surface area contributed by atoms with E-state index in [0.29, 0.717) is 6.71 Å². The molecule has 3 aromatic carbocycles. The van der Waals surface area contributed by atoms with E-state index < -0.39 is 0 Å². The molecule has 0 atom stereocenters. The fraction of sp³-hybridized carbons (Fsp3) is 0.308. The normalized spacial score (nSPS) is 14.2. The van der Waals surface area contributed by atoms with Gasteiger partial charge in [0.1, 0.15) is 0 Å². The Balaban J connectivity index is 1.80. The van der Waals surface area contributed by atoms with Gasteiger partial charge in [-0.05, 0) is 44.2 Å². The molecule has 0 saturated heterocycles. The van der Waals surface area contributed by atoms with E-state index in [-0.39, 0.29) is 10.8 Å². The van der Waals surface area contributed by atoms with Crippen molar-refractivity contribution in [3.63, 3.8) is 0 Å². The van der Waals surface area contributed by atoms with Crippen LogP contribution in [0.5, 0.6) is 0 Å². The molecule has 0 aromatic heterocycles. The third-order valence-corrected chi connectivity index (χ3v) is 6.43. The van der Waals surface area contributed by atoms with Crippen molar-refractivity contribution in [2.45, 2.75) is 52.4 Å². The van der Waals surface area contributed by atoms with Crippen molar-refractivity contribution in [1.29, 1.82) is 0 Å². The number of fused-ring (bicyclic) bond motifs is 6. The van der Waals surface area contributed by atoms with E-state index in [1.807, 2.05) is 0 Å². The summed E-state index contributed by atoms with van der Waals surface area (Å²) in [6, 6.07) is 21.2. The molecular formula is C26H27B. The summed E-state index contributed by atoms with van der Waals surface area (Å²) in [6.07, 6.45) is 0. The van der Waals surface area contributed by atoms with Crippen molar-refractivity contribution in [2.75, 3.05) is 0 Å². The van der Waals surface area contributed by atoms with Gasteiger partial charge in [0, 0.05) is 0 Å². The summed E-state index contributed by atoms with van der Waals surface area (Å²) in [5.74, 6) is 0. The Labute approximate surface area is 163 Å². The summed E-state index contributed by atoms with van der Waals surface area (Å²) in [4.78, 5) is 0. The largest absolute Gasteiger partial charge is 0.244 e. The van der Waals surface area contributed by atoms with Crippen LogP contribution in [0.4, 0.5) is 0 Å². The molecule has 27 heavy (non-hydrogen) atoms. The maximum Gasteiger partial charge on any atom is 0.244 e. The highest BCUT2D eigenvalue weighted by molar-refractivity contribution is 7.02. The predicted molar refractivity (Wildman–Crippen MR) is 119 cm³/mol. The Hall–Kier alpha value is -2.28. The fourth-order valence-corrected chi connectivity index (χ4v) is 4.85. The van der Waals surface area contributed by atoms with Gasteiger partial charge in [-0.25, -0.2) is 0 Å². The Morgan fingerprint density at radius 2 is 1.00 bits per heavy atom. The molecular weight excluding hydrogens is 323 g/mol. The molecule has 0 unspecified atom stereocenters. The molecule has 0 saturated carbocycles. The molecule has 0 radical (unpaired) electrons. The fourth-order valence-electron chi connectivity index (χ4n) is 4.85. The summed E-state index contributed by atoms with van der Waals surface area (Å²) in [7, 11) is 0. The van der Waals surface area contributed by atoms with Crippen LogP contribution < -0.4 is 16.4 Å². The van der Waals surface area contributed by atoms with E-state index in [2.05, 4.69) is 96.1 Å². The average Bonchev–Trinajstić information content (AvgIpc) is 3.11. The molecule has 0 fully saturated rings. The number of hydrogen-bond donors (Lipinski definition) is 0. The summed E-state index contributed by atoms with van der Waals surface area (Å²) in [5.41, 5.74) is 13.4. The van der Waals surface area contributed by atoms with Crippen molar-refractivity contribution in [1.82, 2.24) is 0 Å². The Morgan fingerprint density at radius 3 is 1.41 bits per heavy atom. The van der Waals surface area contributed by atoms with Crippen LogP contribution >= 0.6 is 0 Å². The minimum Gasteiger partial charge on any atom is -0.0626 e. The lowest BCUT2D eigenvalue weighted by molar-refractivity contribution is 0.590. The highest BCUT2D eigenvalue weighted by Gasteiger charge is 2.42. The van der Waals surface area contributed by atoms with Crippen LogP contribution in [0.15, 0.2) is 54.6 Å². The van der Waals surface area contributed by atoms with Gasteiger partial charge in [0.2, 0.25) is 6.71 Å². The maximum absolute atomic E-state index is 2.47. The summed E-state index contributed by atoms with van der Waals surface area (Å²) < 4.78 is 0. The first kappa shape index (κ1) is 16.9. The molecule has 0 aliphatic carbocycles. The maximum atomic E-state index is 2.47. The third-order valence-electron chi connectivity index (χ3n) is 6.43. The van der Waals surface area contributed by atoms with Gasteiger partial charge < -0.3 is 0 Å². The van der Waals surface area contributed by atoms with Crippen LogP contribution in [0.3, 0.4) is 0 Å². The van der Waals surface area contributed by atoms with Crippen LogP contribution in [0.25, 0.3) is 22.3 Å². The molecule has 2 aliphatic heterocycles. The molecule has 0 nitrogen and oxygen atoms in total. The average molecular weight is 350 g/mol. The van der Waals surface area contributed by atoms with Gasteiger partial charge in [0.05, 0.1) is 0 Å². The van der Waals surface area contributed by atoms with E-state index >= 15 is 0 Å². The van der Waals surface area contributed by atoms with Crippen LogP contribution in [-0.2, 0) is 10.8 Å². The van der Waals surface area contributed by atoms with E-state index in [0.717, 1.165) is 0 Å². The zero-order valence-electron chi connectivity index (χ0n) is 17.3. The van der Waals surface area contributed by atoms with Gasteiger partial charge in [-0.15, -0.1) is 0 Å². The lowest BCUT2D eigenvalue weighted by Gasteiger charge is -2.22. The lowest BCUT2D eigenvalue weighted by atomic mass is 9.40. The van der Waals surface area contributed by atoms with E-state index in [1.165, 1.54) is 49.8 Å². The van der Waals surface area contributed by atoms with E-state index in [9.17, 15) is 0 Å². The van der Waals surface area contributed by atoms with Gasteiger partial charge in [-0.2, -0.15) is 0 Å². The minimum absolute atomic E-state index is 0.168. The highest BCUT2D eigenvalue weighted by atomic mass is 14.3. The molecule has 2 aliphatic rings. The van der Waals surface area contributed by atoms with Crippen molar-refractivity contribution < 1.29 is 0 Å². The quantitative estimate of drug-likeness (QED) is 0.353. The van der Waals surface area contributed by atoms with Gasteiger partial charge in [-0.1, -0.05) is 113 Å². The van der Waals surface area contributed by atoms with Crippen LogP contribution in [0, 0.1) is 0 Å². The molecule has 3 aromatic rings. The molecule has 0 spiro atoms. The van der Waals surface area contributed by atoms with Crippen LogP contribution in [0.2, 0.25) is 0 Å². The van der Waals surface area contributed by atoms with Crippen LogP contribution in [0.1, 0.15) is 52.7 Å². The van der Waals surface area contributed by atoms with Crippen molar-refractivity contribution in [3.8, 4) is 22.3 Å². The lowest BCUT2D eigenvalue weighted by Crippen LogP contribution is -2.46. The second-order valence-electron chi connectivity index (χ2n) is 10.3. The zero-order valence-corrected chi connectivity index (χ0v) is 17.3. The zero-order chi connectivity index (χ0) is 19.1. The smallest absolute Gasteiger partial charge is 0.0626 e. The second kappa shape index (κ2) is 5.16. The van der Waals surface area contributed by atoms with E-state index in [1.54, 1.807) is 0 Å². The summed E-state index contributed by atoms with van der Waals surface area (Å²) >= 11 is 0. The van der Waals surface area contributed by atoms with Gasteiger partial charge in [-0.3, -0.25) is 0 Å². The Kier molecular flexibility index (Phi) is 3.22. The predicted octanol–water partition coefficient (Wildman–Crippen LogP) is 4.76. The summed E-state index contributed by atoms with van der Waals surface area (Å²) in [5, 5.41) is 0. The Bertz CT molecular complexity index is 1010. The number of benzene rings is 3. The standard InChI is InChI=1S/C26H27B/c1-25(2,3)16-10-12-18-20-8-7-9-21-19-13-11-17(26(4,5)6)15-23(19)27(24(20)21)22(18)14-16/h7-15H,1-6H3. The number of hydrogen-bond acceptors (Lipinski definition) is 0. The topological polar surface area (TPSA) is 0 Å². The summed E-state index contributed by atoms with van der Waals surface area (Å²) in [6.45, 7) is 14.2. The molecule has 134 valence electrons. The Morgan fingerprint density at radius 1 is 0.556 bits per heavy atom. The number of rotatable bonds is 0. The molecule has 0 bridgehead atoms. The minimum atomic E-state index is 0.168. The van der Waals surface area contributed by atoms with E-state index in [4.69, 9.17) is 0 Å². The third kappa shape index (κ3) is 2.30.